The first-order valence-corrected chi connectivity index (χ1v) is 7.79. The molecule has 0 aromatic heterocycles. The van der Waals surface area contributed by atoms with Crippen LogP contribution in [0.25, 0.3) is 0 Å². The Hall–Kier alpha value is -0.795. The molecule has 4 heteroatoms. The average molecular weight is 293 g/mol. The topological polar surface area (TPSA) is 60.2 Å². The van der Waals surface area contributed by atoms with Crippen molar-refractivity contribution >= 4 is 19.5 Å². The number of nitrogens with two attached hydrogens (primary N) is 1. The van der Waals surface area contributed by atoms with Crippen molar-refractivity contribution in [3.63, 3.8) is 0 Å². The molecule has 0 rings (SSSR count). The summed E-state index contributed by atoms with van der Waals surface area (Å²) in [4.78, 5) is 23.0. The van der Waals surface area contributed by atoms with E-state index < -0.39 is 10.7 Å². The predicted octanol–water partition coefficient (Wildman–Crippen LogP) is 3.66. The van der Waals surface area contributed by atoms with E-state index in [1.54, 1.807) is 13.8 Å². The summed E-state index contributed by atoms with van der Waals surface area (Å²) in [6.07, 6.45) is 3.42. The summed E-state index contributed by atoms with van der Waals surface area (Å²) in [5, 5.41) is -0.765. The maximum Gasteiger partial charge on any atom is 0.223 e. The van der Waals surface area contributed by atoms with Crippen molar-refractivity contribution in [3.8, 4) is 0 Å². The SMILES string of the molecule is [B]C(C)(CC(C)(C)CCC(C)CC(C)(C)C(N)=O)C(C)=O. The quantitative estimate of drug-likeness (QED) is 0.659. The van der Waals surface area contributed by atoms with Gasteiger partial charge in [0.1, 0.15) is 5.78 Å². The number of carbonyl (C=O) groups excluding carboxylic acids is 2. The van der Waals surface area contributed by atoms with Gasteiger partial charge in [0.15, 0.2) is 0 Å². The van der Waals surface area contributed by atoms with Crippen molar-refractivity contribution < 1.29 is 9.59 Å². The first-order valence-electron chi connectivity index (χ1n) is 7.79. The number of primary amides is 1. The van der Waals surface area contributed by atoms with Gasteiger partial charge in [-0.1, -0.05) is 48.0 Å². The minimum Gasteiger partial charge on any atom is -0.369 e. The highest BCUT2D eigenvalue weighted by Crippen LogP contribution is 2.41. The number of ketones is 1. The van der Waals surface area contributed by atoms with Gasteiger partial charge in [0.25, 0.3) is 0 Å². The number of hydrogen-bond acceptors (Lipinski definition) is 2. The van der Waals surface area contributed by atoms with Gasteiger partial charge in [0.05, 0.1) is 7.85 Å². The van der Waals surface area contributed by atoms with Crippen LogP contribution in [-0.4, -0.2) is 19.5 Å². The van der Waals surface area contributed by atoms with E-state index in [0.29, 0.717) is 12.3 Å². The lowest BCUT2D eigenvalue weighted by atomic mass is 9.59. The largest absolute Gasteiger partial charge is 0.369 e. The molecule has 0 saturated heterocycles. The van der Waals surface area contributed by atoms with Crippen LogP contribution in [0.15, 0.2) is 0 Å². The Bertz CT molecular complexity index is 386. The fourth-order valence-corrected chi connectivity index (χ4v) is 2.92. The Kier molecular flexibility index (Phi) is 6.71. The van der Waals surface area contributed by atoms with Crippen LogP contribution in [0.5, 0.6) is 0 Å². The second-order valence-electron chi connectivity index (χ2n) is 8.41. The molecule has 0 fully saturated rings. The molecular weight excluding hydrogens is 261 g/mol. The van der Waals surface area contributed by atoms with Crippen molar-refractivity contribution in [1.29, 1.82) is 0 Å². The number of carbonyl (C=O) groups is 2. The van der Waals surface area contributed by atoms with Gasteiger partial charge in [-0.05, 0) is 42.8 Å². The van der Waals surface area contributed by atoms with Gasteiger partial charge in [-0.25, -0.2) is 0 Å². The average Bonchev–Trinajstić information content (AvgIpc) is 2.24. The predicted molar refractivity (Wildman–Crippen MR) is 89.2 cm³/mol. The molecule has 21 heavy (non-hydrogen) atoms. The van der Waals surface area contributed by atoms with Crippen molar-refractivity contribution in [2.45, 2.75) is 79.5 Å². The van der Waals surface area contributed by atoms with Crippen LogP contribution in [0.4, 0.5) is 0 Å². The van der Waals surface area contributed by atoms with E-state index >= 15 is 0 Å². The summed E-state index contributed by atoms with van der Waals surface area (Å²) >= 11 is 0. The number of rotatable bonds is 9. The summed E-state index contributed by atoms with van der Waals surface area (Å²) in [7, 11) is 6.08. The highest BCUT2D eigenvalue weighted by atomic mass is 16.1. The third kappa shape index (κ3) is 7.15. The maximum atomic E-state index is 11.6. The first kappa shape index (κ1) is 20.2. The fourth-order valence-electron chi connectivity index (χ4n) is 2.92. The van der Waals surface area contributed by atoms with Crippen molar-refractivity contribution in [1.82, 2.24) is 0 Å². The van der Waals surface area contributed by atoms with E-state index in [4.69, 9.17) is 13.6 Å². The molecule has 2 unspecified atom stereocenters. The molecule has 0 aromatic carbocycles. The van der Waals surface area contributed by atoms with E-state index in [-0.39, 0.29) is 17.1 Å². The second kappa shape index (κ2) is 6.98. The van der Waals surface area contributed by atoms with Crippen molar-refractivity contribution in [2.75, 3.05) is 0 Å². The summed E-state index contributed by atoms with van der Waals surface area (Å²) in [6, 6.07) is 0. The lowest BCUT2D eigenvalue weighted by Gasteiger charge is -2.35. The van der Waals surface area contributed by atoms with Crippen LogP contribution in [0.3, 0.4) is 0 Å². The van der Waals surface area contributed by atoms with Crippen LogP contribution >= 0.6 is 0 Å². The van der Waals surface area contributed by atoms with E-state index in [0.717, 1.165) is 19.3 Å². The number of Topliss-reactive ketones (excluding diaryl/α,β-unsaturated/α-hetero) is 1. The first-order chi connectivity index (χ1) is 9.19. The molecule has 2 atom stereocenters. The zero-order chi connectivity index (χ0) is 17.1. The molecule has 3 nitrogen and oxygen atoms in total. The minimum atomic E-state index is -0.765. The van der Waals surface area contributed by atoms with Crippen LogP contribution in [0, 0.1) is 16.7 Å². The Morgan fingerprint density at radius 3 is 2.00 bits per heavy atom. The lowest BCUT2D eigenvalue weighted by Crippen LogP contribution is -2.33. The van der Waals surface area contributed by atoms with Crippen LogP contribution in [0.2, 0.25) is 5.31 Å². The molecule has 2 radical (unpaired) electrons. The molecule has 0 bridgehead atoms. The molecule has 0 saturated carbocycles. The summed E-state index contributed by atoms with van der Waals surface area (Å²) < 4.78 is 0. The third-order valence-corrected chi connectivity index (χ3v) is 4.49. The van der Waals surface area contributed by atoms with E-state index in [1.807, 2.05) is 13.8 Å². The van der Waals surface area contributed by atoms with Gasteiger partial charge in [-0.3, -0.25) is 4.79 Å². The van der Waals surface area contributed by atoms with E-state index in [2.05, 4.69) is 20.8 Å². The van der Waals surface area contributed by atoms with Gasteiger partial charge < -0.3 is 10.5 Å². The summed E-state index contributed by atoms with van der Waals surface area (Å²) in [5.74, 6) is 0.186. The van der Waals surface area contributed by atoms with Gasteiger partial charge in [-0.2, -0.15) is 0 Å². The summed E-state index contributed by atoms with van der Waals surface area (Å²) in [6.45, 7) is 13.6. The smallest absolute Gasteiger partial charge is 0.223 e. The molecule has 0 spiro atoms. The van der Waals surface area contributed by atoms with Crippen LogP contribution < -0.4 is 5.73 Å². The molecular formula is C17H32BNO2. The number of hydrogen-bond donors (Lipinski definition) is 1. The third-order valence-electron chi connectivity index (χ3n) is 4.49. The highest BCUT2D eigenvalue weighted by molar-refractivity contribution is 6.27. The van der Waals surface area contributed by atoms with E-state index in [1.165, 1.54) is 0 Å². The van der Waals surface area contributed by atoms with Gasteiger partial charge >= 0.3 is 0 Å². The molecule has 120 valence electrons. The van der Waals surface area contributed by atoms with Crippen LogP contribution in [-0.2, 0) is 9.59 Å². The van der Waals surface area contributed by atoms with Gasteiger partial charge in [-0.15, -0.1) is 0 Å². The molecule has 0 aromatic rings. The Morgan fingerprint density at radius 2 is 1.62 bits per heavy atom. The molecule has 0 aliphatic rings. The Balaban J connectivity index is 4.50. The lowest BCUT2D eigenvalue weighted by molar-refractivity contribution is -0.127. The standard InChI is InChI=1S/C17H32BNO2/c1-12(10-16(5,6)14(19)21)8-9-15(3,4)11-17(7,18)13(2)20/h12H,8-11H2,1-7H3,(H2,19,21). The molecule has 2 N–H and O–H groups in total. The number of amides is 1. The monoisotopic (exact) mass is 293 g/mol. The molecule has 1 amide bonds. The van der Waals surface area contributed by atoms with Crippen molar-refractivity contribution in [2.24, 2.45) is 22.5 Å². The highest BCUT2D eigenvalue weighted by Gasteiger charge is 2.33. The van der Waals surface area contributed by atoms with Crippen LogP contribution in [0.1, 0.15) is 74.1 Å². The molecule has 0 heterocycles. The fraction of sp³-hybridized carbons (Fsp3) is 0.882. The normalized spacial score (nSPS) is 17.1. The van der Waals surface area contributed by atoms with Gasteiger partial charge in [0.2, 0.25) is 5.91 Å². The second-order valence-corrected chi connectivity index (χ2v) is 8.41. The van der Waals surface area contributed by atoms with Gasteiger partial charge in [0, 0.05) is 5.41 Å². The Morgan fingerprint density at radius 1 is 1.14 bits per heavy atom. The van der Waals surface area contributed by atoms with Crippen molar-refractivity contribution in [3.05, 3.63) is 0 Å². The maximum absolute atomic E-state index is 11.6. The zero-order valence-electron chi connectivity index (χ0n) is 14.9. The molecule has 0 aliphatic carbocycles. The van der Waals surface area contributed by atoms with E-state index in [9.17, 15) is 9.59 Å². The molecule has 0 aliphatic heterocycles. The zero-order valence-corrected chi connectivity index (χ0v) is 14.9. The Labute approximate surface area is 131 Å². The minimum absolute atomic E-state index is 0.000294. The summed E-state index contributed by atoms with van der Waals surface area (Å²) in [5.41, 5.74) is 4.96.